The smallest absolute Gasteiger partial charge is 0.257 e. The molecular formula is C19H27N5O2. The largest absolute Gasteiger partial charge is 0.356 e. The van der Waals surface area contributed by atoms with Gasteiger partial charge in [-0.2, -0.15) is 0 Å². The lowest BCUT2D eigenvalue weighted by Crippen LogP contribution is -2.62. The predicted octanol–water partition coefficient (Wildman–Crippen LogP) is 1.09. The Bertz CT molecular complexity index is 733. The molecule has 1 atom stereocenters. The monoisotopic (exact) mass is 357 g/mol. The molecule has 0 bridgehead atoms. The van der Waals surface area contributed by atoms with Gasteiger partial charge in [-0.25, -0.2) is 9.97 Å². The fourth-order valence-electron chi connectivity index (χ4n) is 4.17. The van der Waals surface area contributed by atoms with Crippen LogP contribution in [0.15, 0.2) is 6.20 Å². The first-order valence-electron chi connectivity index (χ1n) is 9.59. The number of aryl methyl sites for hydroxylation is 1. The van der Waals surface area contributed by atoms with E-state index in [-0.39, 0.29) is 17.4 Å². The lowest BCUT2D eigenvalue weighted by molar-refractivity contribution is -0.121. The fraction of sp³-hybridized carbons (Fsp3) is 0.684. The molecule has 3 fully saturated rings. The highest BCUT2D eigenvalue weighted by atomic mass is 16.2. The number of carbonyl (C=O) groups is 2. The zero-order valence-electron chi connectivity index (χ0n) is 15.6. The lowest BCUT2D eigenvalue weighted by atomic mass is 9.86. The van der Waals surface area contributed by atoms with Crippen LogP contribution in [0.2, 0.25) is 0 Å². The third-order valence-electron chi connectivity index (χ3n) is 6.19. The van der Waals surface area contributed by atoms with E-state index in [2.05, 4.69) is 27.2 Å². The topological polar surface area (TPSA) is 78.4 Å². The Labute approximate surface area is 154 Å². The normalized spacial score (nSPS) is 27.3. The Balaban J connectivity index is 1.53. The van der Waals surface area contributed by atoms with Gasteiger partial charge in [-0.05, 0) is 39.7 Å². The number of likely N-dealkylation sites (N-methyl/N-ethyl adjacent to an activating group) is 1. The minimum absolute atomic E-state index is 0.0147. The van der Waals surface area contributed by atoms with E-state index in [1.807, 2.05) is 11.8 Å². The van der Waals surface area contributed by atoms with Gasteiger partial charge in [0.2, 0.25) is 5.91 Å². The van der Waals surface area contributed by atoms with Crippen LogP contribution in [0.3, 0.4) is 0 Å². The molecule has 7 nitrogen and oxygen atoms in total. The van der Waals surface area contributed by atoms with E-state index >= 15 is 0 Å². The molecular weight excluding hydrogens is 330 g/mol. The van der Waals surface area contributed by atoms with Crippen molar-refractivity contribution in [1.82, 2.24) is 25.1 Å². The van der Waals surface area contributed by atoms with Crippen LogP contribution in [0.25, 0.3) is 0 Å². The number of amides is 2. The van der Waals surface area contributed by atoms with Gasteiger partial charge in [0.15, 0.2) is 0 Å². The van der Waals surface area contributed by atoms with Gasteiger partial charge in [-0.1, -0.05) is 0 Å². The standard InChI is InChI=1S/C19H27N5O2/c1-13-15(11-21-17(22-13)14-3-4-14)18(26)24-10-9-23(2)19(12-24)6-5-16(25)20-8-7-19/h11,14H,3-10,12H2,1-2H3,(H,20,25)/t19-/m1/s1. The SMILES string of the molecule is Cc1nc(C2CC2)ncc1C(=O)N1CCN(C)[C@]2(CCNC(=O)CC2)C1. The Morgan fingerprint density at radius 3 is 2.85 bits per heavy atom. The number of nitrogens with zero attached hydrogens (tertiary/aromatic N) is 4. The molecule has 2 aliphatic heterocycles. The van der Waals surface area contributed by atoms with Gasteiger partial charge in [0.05, 0.1) is 11.3 Å². The van der Waals surface area contributed by atoms with E-state index in [0.717, 1.165) is 43.7 Å². The van der Waals surface area contributed by atoms with Crippen LogP contribution < -0.4 is 5.32 Å². The van der Waals surface area contributed by atoms with E-state index in [1.165, 1.54) is 0 Å². The third kappa shape index (κ3) is 3.20. The molecule has 1 aromatic rings. The van der Waals surface area contributed by atoms with Gasteiger partial charge in [0.1, 0.15) is 5.82 Å². The van der Waals surface area contributed by atoms with Crippen LogP contribution >= 0.6 is 0 Å². The van der Waals surface area contributed by atoms with E-state index in [9.17, 15) is 9.59 Å². The predicted molar refractivity (Wildman–Crippen MR) is 96.9 cm³/mol. The second kappa shape index (κ2) is 6.61. The highest BCUT2D eigenvalue weighted by Gasteiger charge is 2.42. The Kier molecular flexibility index (Phi) is 4.42. The van der Waals surface area contributed by atoms with E-state index in [4.69, 9.17) is 0 Å². The van der Waals surface area contributed by atoms with Crippen LogP contribution in [-0.4, -0.2) is 70.3 Å². The molecule has 7 heteroatoms. The molecule has 0 aromatic carbocycles. The summed E-state index contributed by atoms with van der Waals surface area (Å²) in [6, 6.07) is 0. The van der Waals surface area contributed by atoms with Crippen molar-refractivity contribution in [2.24, 2.45) is 0 Å². The molecule has 1 aromatic heterocycles. The van der Waals surface area contributed by atoms with Crippen molar-refractivity contribution in [3.05, 3.63) is 23.3 Å². The number of nitrogens with one attached hydrogen (secondary N) is 1. The first-order chi connectivity index (χ1) is 12.5. The summed E-state index contributed by atoms with van der Waals surface area (Å²) in [5, 5.41) is 2.96. The third-order valence-corrected chi connectivity index (χ3v) is 6.19. The molecule has 140 valence electrons. The van der Waals surface area contributed by atoms with E-state index in [1.54, 1.807) is 6.20 Å². The van der Waals surface area contributed by atoms with Crippen LogP contribution in [-0.2, 0) is 4.79 Å². The fourth-order valence-corrected chi connectivity index (χ4v) is 4.17. The molecule has 3 aliphatic rings. The van der Waals surface area contributed by atoms with E-state index < -0.39 is 0 Å². The second-order valence-electron chi connectivity index (χ2n) is 7.97. The summed E-state index contributed by atoms with van der Waals surface area (Å²) < 4.78 is 0. The average molecular weight is 357 g/mol. The number of hydrogen-bond acceptors (Lipinski definition) is 5. The van der Waals surface area contributed by atoms with Crippen molar-refractivity contribution in [2.45, 2.75) is 50.5 Å². The van der Waals surface area contributed by atoms with Crippen molar-refractivity contribution in [3.63, 3.8) is 0 Å². The number of rotatable bonds is 2. The van der Waals surface area contributed by atoms with Gasteiger partial charge >= 0.3 is 0 Å². The highest BCUT2D eigenvalue weighted by molar-refractivity contribution is 5.95. The van der Waals surface area contributed by atoms with E-state index in [0.29, 0.717) is 37.5 Å². The highest BCUT2D eigenvalue weighted by Crippen LogP contribution is 2.38. The zero-order chi connectivity index (χ0) is 18.3. The Morgan fingerprint density at radius 2 is 2.12 bits per heavy atom. The summed E-state index contributed by atoms with van der Waals surface area (Å²) in [7, 11) is 2.11. The number of hydrogen-bond donors (Lipinski definition) is 1. The maximum absolute atomic E-state index is 13.1. The molecule has 0 radical (unpaired) electrons. The summed E-state index contributed by atoms with van der Waals surface area (Å²) in [5.41, 5.74) is 1.25. The minimum Gasteiger partial charge on any atom is -0.356 e. The number of piperazine rings is 1. The summed E-state index contributed by atoms with van der Waals surface area (Å²) >= 11 is 0. The molecule has 3 heterocycles. The maximum Gasteiger partial charge on any atom is 0.257 e. The van der Waals surface area contributed by atoms with Gasteiger partial charge in [-0.15, -0.1) is 0 Å². The quantitative estimate of drug-likeness (QED) is 0.857. The molecule has 1 aliphatic carbocycles. The van der Waals surface area contributed by atoms with Gasteiger partial charge in [0.25, 0.3) is 5.91 Å². The van der Waals surface area contributed by atoms with Crippen molar-refractivity contribution >= 4 is 11.8 Å². The van der Waals surface area contributed by atoms with Crippen LogP contribution in [0.4, 0.5) is 0 Å². The Morgan fingerprint density at radius 1 is 1.31 bits per heavy atom. The summed E-state index contributed by atoms with van der Waals surface area (Å²) in [6.45, 7) is 4.74. The van der Waals surface area contributed by atoms with Crippen LogP contribution in [0.1, 0.15) is 59.9 Å². The molecule has 1 saturated carbocycles. The Hall–Kier alpha value is -2.02. The summed E-state index contributed by atoms with van der Waals surface area (Å²) in [5.74, 6) is 1.49. The second-order valence-corrected chi connectivity index (χ2v) is 7.97. The summed E-state index contributed by atoms with van der Waals surface area (Å²) in [4.78, 5) is 38.2. The molecule has 4 rings (SSSR count). The first kappa shape index (κ1) is 17.4. The van der Waals surface area contributed by atoms with Crippen molar-refractivity contribution in [2.75, 3.05) is 33.2 Å². The minimum atomic E-state index is -0.129. The zero-order valence-corrected chi connectivity index (χ0v) is 15.6. The number of aromatic nitrogens is 2. The molecule has 1 spiro atoms. The molecule has 2 saturated heterocycles. The van der Waals surface area contributed by atoms with Crippen molar-refractivity contribution in [1.29, 1.82) is 0 Å². The van der Waals surface area contributed by atoms with Gasteiger partial charge in [-0.3, -0.25) is 14.5 Å². The molecule has 26 heavy (non-hydrogen) atoms. The van der Waals surface area contributed by atoms with Gasteiger partial charge in [0, 0.05) is 50.3 Å². The lowest BCUT2D eigenvalue weighted by Gasteiger charge is -2.49. The summed E-state index contributed by atoms with van der Waals surface area (Å²) in [6.07, 6.45) is 6.19. The maximum atomic E-state index is 13.1. The van der Waals surface area contributed by atoms with Crippen molar-refractivity contribution in [3.8, 4) is 0 Å². The molecule has 0 unspecified atom stereocenters. The average Bonchev–Trinajstić information content (AvgIpc) is 3.47. The molecule has 2 amide bonds. The first-order valence-corrected chi connectivity index (χ1v) is 9.59. The molecule has 1 N–H and O–H groups in total. The van der Waals surface area contributed by atoms with Crippen molar-refractivity contribution < 1.29 is 9.59 Å². The van der Waals surface area contributed by atoms with Crippen LogP contribution in [0.5, 0.6) is 0 Å². The number of carbonyl (C=O) groups excluding carboxylic acids is 2. The van der Waals surface area contributed by atoms with Crippen LogP contribution in [0, 0.1) is 6.92 Å². The van der Waals surface area contributed by atoms with Gasteiger partial charge < -0.3 is 10.2 Å².